The minimum atomic E-state index is -0.711. The molecule has 0 aromatic heterocycles. The van der Waals surface area contributed by atoms with Crippen molar-refractivity contribution in [3.63, 3.8) is 0 Å². The third-order valence-corrected chi connectivity index (χ3v) is 2.23. The topological polar surface area (TPSA) is 105 Å². The van der Waals surface area contributed by atoms with Crippen LogP contribution < -0.4 is 11.5 Å². The van der Waals surface area contributed by atoms with E-state index in [1.807, 2.05) is 0 Å². The monoisotopic (exact) mass is 306 g/mol. The van der Waals surface area contributed by atoms with Crippen LogP contribution in [0.2, 0.25) is 0 Å². The van der Waals surface area contributed by atoms with E-state index in [9.17, 15) is 9.59 Å². The summed E-state index contributed by atoms with van der Waals surface area (Å²) in [7, 11) is 0. The van der Waals surface area contributed by atoms with Gasteiger partial charge in [-0.25, -0.2) is 9.59 Å². The summed E-state index contributed by atoms with van der Waals surface area (Å²) in [4.78, 5) is 19.2. The average molecular weight is 306 g/mol. The molecule has 6 heteroatoms. The van der Waals surface area contributed by atoms with Gasteiger partial charge in [-0.2, -0.15) is 0 Å². The molecule has 0 aliphatic rings. The van der Waals surface area contributed by atoms with Gasteiger partial charge in [-0.1, -0.05) is 48.5 Å². The first-order chi connectivity index (χ1) is 10.5. The van der Waals surface area contributed by atoms with E-state index in [4.69, 9.17) is 0 Å². The Balaban J connectivity index is 0.000000324. The van der Waals surface area contributed by atoms with E-state index in [0.717, 1.165) is 0 Å². The number of amides is 2. The third kappa shape index (κ3) is 10.1. The molecule has 22 heavy (non-hydrogen) atoms. The van der Waals surface area contributed by atoms with Gasteiger partial charge in [-0.05, 0) is 24.6 Å². The molecule has 0 aliphatic heterocycles. The summed E-state index contributed by atoms with van der Waals surface area (Å²) in [5, 5.41) is 2.62. The van der Waals surface area contributed by atoms with Gasteiger partial charge in [0.1, 0.15) is 0 Å². The van der Waals surface area contributed by atoms with Gasteiger partial charge in [0, 0.05) is 0 Å². The lowest BCUT2D eigenvalue weighted by Gasteiger charge is -1.92. The van der Waals surface area contributed by atoms with E-state index in [-0.39, 0.29) is 0 Å². The van der Waals surface area contributed by atoms with Crippen molar-refractivity contribution in [2.45, 2.75) is 13.8 Å². The van der Waals surface area contributed by atoms with Crippen LogP contribution in [-0.4, -0.2) is 25.4 Å². The second kappa shape index (κ2) is 12.0. The molecule has 120 valence electrons. The van der Waals surface area contributed by atoms with Crippen molar-refractivity contribution in [3.8, 4) is 0 Å². The maximum atomic E-state index is 9.60. The lowest BCUT2D eigenvalue weighted by molar-refractivity contribution is 0.162. The van der Waals surface area contributed by atoms with Crippen LogP contribution in [0.25, 0.3) is 10.8 Å². The number of benzene rings is 2. The summed E-state index contributed by atoms with van der Waals surface area (Å²) >= 11 is 0. The van der Waals surface area contributed by atoms with Crippen molar-refractivity contribution >= 4 is 23.0 Å². The maximum Gasteiger partial charge on any atom is 0.404 e. The summed E-state index contributed by atoms with van der Waals surface area (Å²) in [6.07, 6.45) is -1.42. The number of nitrogens with two attached hydrogens (primary N) is 2. The number of ether oxygens (including phenoxy) is 2. The fraction of sp³-hybridized carbons (Fsp3) is 0.250. The lowest BCUT2D eigenvalue weighted by Crippen LogP contribution is -2.11. The van der Waals surface area contributed by atoms with Crippen LogP contribution in [0.15, 0.2) is 48.5 Å². The SMILES string of the molecule is CCOC(N)=O.CCOC(N)=O.c1ccc2ccccc2c1. The van der Waals surface area contributed by atoms with Crippen molar-refractivity contribution in [2.75, 3.05) is 13.2 Å². The molecule has 0 aliphatic carbocycles. The Bertz CT molecular complexity index is 491. The van der Waals surface area contributed by atoms with Crippen LogP contribution in [-0.2, 0) is 9.47 Å². The molecule has 0 saturated heterocycles. The molecule has 2 amide bonds. The van der Waals surface area contributed by atoms with Gasteiger partial charge in [0.05, 0.1) is 13.2 Å². The van der Waals surface area contributed by atoms with E-state index in [1.54, 1.807) is 13.8 Å². The Morgan fingerprint density at radius 1 is 0.773 bits per heavy atom. The van der Waals surface area contributed by atoms with Crippen LogP contribution in [0.4, 0.5) is 9.59 Å². The van der Waals surface area contributed by atoms with Crippen molar-refractivity contribution < 1.29 is 19.1 Å². The molecule has 0 saturated carbocycles. The summed E-state index contributed by atoms with van der Waals surface area (Å²) in [6, 6.07) is 16.7. The number of fused-ring (bicyclic) bond motifs is 1. The van der Waals surface area contributed by atoms with E-state index in [0.29, 0.717) is 13.2 Å². The number of primary amides is 2. The first-order valence-electron chi connectivity index (χ1n) is 6.79. The zero-order valence-corrected chi connectivity index (χ0v) is 12.8. The maximum absolute atomic E-state index is 9.60. The van der Waals surface area contributed by atoms with E-state index in [2.05, 4.69) is 69.5 Å². The van der Waals surface area contributed by atoms with Crippen molar-refractivity contribution in [1.82, 2.24) is 0 Å². The summed E-state index contributed by atoms with van der Waals surface area (Å²) in [6.45, 7) is 4.11. The molecular weight excluding hydrogens is 284 g/mol. The second-order valence-electron chi connectivity index (χ2n) is 3.85. The molecule has 0 radical (unpaired) electrons. The highest BCUT2D eigenvalue weighted by atomic mass is 16.5. The van der Waals surface area contributed by atoms with E-state index < -0.39 is 12.2 Å². The van der Waals surface area contributed by atoms with Gasteiger partial charge in [0.2, 0.25) is 0 Å². The van der Waals surface area contributed by atoms with Crippen molar-refractivity contribution in [3.05, 3.63) is 48.5 Å². The standard InChI is InChI=1S/C10H8.2C3H7NO2/c1-2-6-10-8-4-3-7-9(10)5-1;2*1-2-6-3(4)5/h1-8H;2*2H2,1H3,(H2,4,5). The van der Waals surface area contributed by atoms with Crippen LogP contribution in [0.5, 0.6) is 0 Å². The lowest BCUT2D eigenvalue weighted by atomic mass is 10.1. The number of hydrogen-bond donors (Lipinski definition) is 2. The van der Waals surface area contributed by atoms with Gasteiger partial charge < -0.3 is 20.9 Å². The van der Waals surface area contributed by atoms with E-state index >= 15 is 0 Å². The Kier molecular flexibility index (Phi) is 10.5. The van der Waals surface area contributed by atoms with Crippen molar-refractivity contribution in [2.24, 2.45) is 11.5 Å². The number of carbonyl (C=O) groups excluding carboxylic acids is 2. The number of hydrogen-bond acceptors (Lipinski definition) is 4. The Morgan fingerprint density at radius 3 is 1.18 bits per heavy atom. The molecule has 2 rings (SSSR count). The fourth-order valence-corrected chi connectivity index (χ4v) is 1.42. The smallest absolute Gasteiger partial charge is 0.404 e. The van der Waals surface area contributed by atoms with Gasteiger partial charge in [0.15, 0.2) is 0 Å². The molecular formula is C16H22N2O4. The van der Waals surface area contributed by atoms with Crippen LogP contribution >= 0.6 is 0 Å². The predicted octanol–water partition coefficient (Wildman–Crippen LogP) is 3.04. The summed E-state index contributed by atoms with van der Waals surface area (Å²) in [5.74, 6) is 0. The van der Waals surface area contributed by atoms with Crippen LogP contribution in [0.3, 0.4) is 0 Å². The molecule has 4 N–H and O–H groups in total. The molecule has 2 aromatic carbocycles. The molecule has 0 heterocycles. The molecule has 0 unspecified atom stereocenters. The highest BCUT2D eigenvalue weighted by molar-refractivity contribution is 5.82. The zero-order chi connectivity index (χ0) is 16.8. The molecule has 0 spiro atoms. The first kappa shape index (κ1) is 19.2. The number of rotatable bonds is 2. The Labute approximate surface area is 130 Å². The van der Waals surface area contributed by atoms with Crippen molar-refractivity contribution in [1.29, 1.82) is 0 Å². The highest BCUT2D eigenvalue weighted by Crippen LogP contribution is 2.11. The fourth-order valence-electron chi connectivity index (χ4n) is 1.42. The van der Waals surface area contributed by atoms with Crippen LogP contribution in [0, 0.1) is 0 Å². The predicted molar refractivity (Wildman–Crippen MR) is 86.4 cm³/mol. The molecule has 0 bridgehead atoms. The minimum absolute atomic E-state index is 0.356. The molecule has 6 nitrogen and oxygen atoms in total. The average Bonchev–Trinajstić information content (AvgIpc) is 2.48. The Morgan fingerprint density at radius 2 is 1.05 bits per heavy atom. The molecule has 0 atom stereocenters. The zero-order valence-electron chi connectivity index (χ0n) is 12.8. The number of carbonyl (C=O) groups is 2. The van der Waals surface area contributed by atoms with Crippen LogP contribution in [0.1, 0.15) is 13.8 Å². The van der Waals surface area contributed by atoms with Gasteiger partial charge >= 0.3 is 12.2 Å². The van der Waals surface area contributed by atoms with Gasteiger partial charge in [-0.15, -0.1) is 0 Å². The Hall–Kier alpha value is -2.76. The van der Waals surface area contributed by atoms with Gasteiger partial charge in [0.25, 0.3) is 0 Å². The van der Waals surface area contributed by atoms with Gasteiger partial charge in [-0.3, -0.25) is 0 Å². The molecule has 2 aromatic rings. The quantitative estimate of drug-likeness (QED) is 0.889. The van der Waals surface area contributed by atoms with E-state index in [1.165, 1.54) is 10.8 Å². The molecule has 0 fully saturated rings. The normalized spacial score (nSPS) is 8.64. The highest BCUT2D eigenvalue weighted by Gasteiger charge is 1.85. The second-order valence-corrected chi connectivity index (χ2v) is 3.85. The third-order valence-electron chi connectivity index (χ3n) is 2.23. The largest absolute Gasteiger partial charge is 0.450 e. The summed E-state index contributed by atoms with van der Waals surface area (Å²) < 4.78 is 8.36. The first-order valence-corrected chi connectivity index (χ1v) is 6.79. The summed E-state index contributed by atoms with van der Waals surface area (Å²) in [5.41, 5.74) is 9.08. The minimum Gasteiger partial charge on any atom is -0.450 e.